The molecular formula is C23H24BrNO2. The molecule has 0 aliphatic carbocycles. The molecule has 140 valence electrons. The van der Waals surface area contributed by atoms with Gasteiger partial charge in [-0.2, -0.15) is 0 Å². The van der Waals surface area contributed by atoms with Crippen LogP contribution in [0.15, 0.2) is 77.3 Å². The van der Waals surface area contributed by atoms with E-state index in [1.807, 2.05) is 54.6 Å². The molecule has 3 rings (SSSR count). The van der Waals surface area contributed by atoms with Crippen LogP contribution in [0, 0.1) is 6.92 Å². The minimum Gasteiger partial charge on any atom is -0.489 e. The Hall–Kier alpha value is -2.14. The predicted molar refractivity (Wildman–Crippen MR) is 113 cm³/mol. The first kappa shape index (κ1) is 19.6. The fourth-order valence-electron chi connectivity index (χ4n) is 2.89. The van der Waals surface area contributed by atoms with Gasteiger partial charge >= 0.3 is 0 Å². The van der Waals surface area contributed by atoms with Gasteiger partial charge in [-0.05, 0) is 41.8 Å². The van der Waals surface area contributed by atoms with Crippen LogP contribution in [0.1, 0.15) is 28.4 Å². The molecule has 3 aromatic carbocycles. The largest absolute Gasteiger partial charge is 0.489 e. The van der Waals surface area contributed by atoms with Gasteiger partial charge in [-0.1, -0.05) is 70.5 Å². The summed E-state index contributed by atoms with van der Waals surface area (Å²) in [6.45, 7) is 3.72. The Balaban J connectivity index is 1.61. The first-order valence-corrected chi connectivity index (χ1v) is 9.82. The summed E-state index contributed by atoms with van der Waals surface area (Å²) in [6.07, 6.45) is -0.533. The Morgan fingerprint density at radius 2 is 1.70 bits per heavy atom. The molecule has 0 saturated carbocycles. The molecule has 0 unspecified atom stereocenters. The van der Waals surface area contributed by atoms with Crippen molar-refractivity contribution in [1.82, 2.24) is 5.32 Å². The lowest BCUT2D eigenvalue weighted by Gasteiger charge is -2.16. The summed E-state index contributed by atoms with van der Waals surface area (Å²) in [7, 11) is 0. The highest BCUT2D eigenvalue weighted by atomic mass is 79.9. The summed E-state index contributed by atoms with van der Waals surface area (Å²) in [4.78, 5) is 0. The lowest BCUT2D eigenvalue weighted by molar-refractivity contribution is 0.174. The second-order valence-corrected chi connectivity index (χ2v) is 7.44. The van der Waals surface area contributed by atoms with Crippen LogP contribution < -0.4 is 10.1 Å². The Bertz CT molecular complexity index is 867. The monoisotopic (exact) mass is 425 g/mol. The van der Waals surface area contributed by atoms with Crippen LogP contribution in [0.5, 0.6) is 5.75 Å². The fraction of sp³-hybridized carbons (Fsp3) is 0.217. The number of aliphatic hydroxyl groups excluding tert-OH is 1. The summed E-state index contributed by atoms with van der Waals surface area (Å²) in [5.74, 6) is 0.850. The van der Waals surface area contributed by atoms with E-state index in [-0.39, 0.29) is 0 Å². The number of hydrogen-bond acceptors (Lipinski definition) is 3. The number of hydrogen-bond donors (Lipinski definition) is 2. The second-order valence-electron chi connectivity index (χ2n) is 6.52. The number of halogens is 1. The Kier molecular flexibility index (Phi) is 7.04. The van der Waals surface area contributed by atoms with Gasteiger partial charge < -0.3 is 15.2 Å². The SMILES string of the molecule is Cc1ccccc1COc1ccc(Br)cc1CNC[C@H](O)c1ccccc1. The molecule has 3 aromatic rings. The summed E-state index contributed by atoms with van der Waals surface area (Å²) in [6, 6.07) is 23.9. The molecule has 4 heteroatoms. The molecule has 0 aromatic heterocycles. The van der Waals surface area contributed by atoms with Gasteiger partial charge in [-0.15, -0.1) is 0 Å². The van der Waals surface area contributed by atoms with Crippen LogP contribution >= 0.6 is 15.9 Å². The van der Waals surface area contributed by atoms with E-state index in [9.17, 15) is 5.11 Å². The van der Waals surface area contributed by atoms with Crippen molar-refractivity contribution in [3.8, 4) is 5.75 Å². The van der Waals surface area contributed by atoms with Gasteiger partial charge in [0.25, 0.3) is 0 Å². The van der Waals surface area contributed by atoms with Crippen molar-refractivity contribution in [2.24, 2.45) is 0 Å². The zero-order valence-corrected chi connectivity index (χ0v) is 16.9. The van der Waals surface area contributed by atoms with Crippen LogP contribution in [0.4, 0.5) is 0 Å². The first-order valence-electron chi connectivity index (χ1n) is 9.03. The Morgan fingerprint density at radius 1 is 0.963 bits per heavy atom. The van der Waals surface area contributed by atoms with E-state index in [0.29, 0.717) is 19.7 Å². The van der Waals surface area contributed by atoms with E-state index < -0.39 is 6.10 Å². The number of benzene rings is 3. The molecule has 2 N–H and O–H groups in total. The summed E-state index contributed by atoms with van der Waals surface area (Å²) in [5.41, 5.74) is 4.37. The molecule has 0 bridgehead atoms. The van der Waals surface area contributed by atoms with E-state index in [1.165, 1.54) is 11.1 Å². The topological polar surface area (TPSA) is 41.5 Å². The van der Waals surface area contributed by atoms with Crippen LogP contribution in [0.25, 0.3) is 0 Å². The van der Waals surface area contributed by atoms with E-state index in [4.69, 9.17) is 4.74 Å². The van der Waals surface area contributed by atoms with Crippen LogP contribution in [-0.4, -0.2) is 11.7 Å². The third kappa shape index (κ3) is 5.67. The highest BCUT2D eigenvalue weighted by Crippen LogP contribution is 2.25. The number of rotatable bonds is 8. The highest BCUT2D eigenvalue weighted by molar-refractivity contribution is 9.10. The number of nitrogens with one attached hydrogen (secondary N) is 1. The zero-order valence-electron chi connectivity index (χ0n) is 15.4. The quantitative estimate of drug-likeness (QED) is 0.523. The number of aliphatic hydroxyl groups is 1. The van der Waals surface area contributed by atoms with Crippen molar-refractivity contribution in [2.45, 2.75) is 26.2 Å². The lowest BCUT2D eigenvalue weighted by Crippen LogP contribution is -2.21. The van der Waals surface area contributed by atoms with E-state index >= 15 is 0 Å². The van der Waals surface area contributed by atoms with Gasteiger partial charge in [0.05, 0.1) is 6.10 Å². The van der Waals surface area contributed by atoms with E-state index in [1.54, 1.807) is 0 Å². The second kappa shape index (κ2) is 9.70. The third-order valence-electron chi connectivity index (χ3n) is 4.50. The van der Waals surface area contributed by atoms with E-state index in [0.717, 1.165) is 21.3 Å². The molecule has 0 amide bonds. The predicted octanol–water partition coefficient (Wildman–Crippen LogP) is 5.16. The number of aryl methyl sites for hydroxylation is 1. The molecule has 0 fully saturated rings. The average Bonchev–Trinajstić information content (AvgIpc) is 2.69. The third-order valence-corrected chi connectivity index (χ3v) is 5.00. The van der Waals surface area contributed by atoms with Crippen molar-refractivity contribution in [3.63, 3.8) is 0 Å². The van der Waals surface area contributed by atoms with Gasteiger partial charge in [0.2, 0.25) is 0 Å². The maximum atomic E-state index is 10.3. The maximum absolute atomic E-state index is 10.3. The van der Waals surface area contributed by atoms with Crippen molar-refractivity contribution in [3.05, 3.63) is 99.5 Å². The molecule has 1 atom stereocenters. The van der Waals surface area contributed by atoms with Gasteiger partial charge in [0.1, 0.15) is 12.4 Å². The molecule has 0 aliphatic rings. The average molecular weight is 426 g/mol. The molecule has 0 saturated heterocycles. The zero-order chi connectivity index (χ0) is 19.1. The van der Waals surface area contributed by atoms with Gasteiger partial charge in [-0.25, -0.2) is 0 Å². The smallest absolute Gasteiger partial charge is 0.124 e. The maximum Gasteiger partial charge on any atom is 0.124 e. The normalized spacial score (nSPS) is 12.0. The van der Waals surface area contributed by atoms with Crippen LogP contribution in [-0.2, 0) is 13.2 Å². The summed E-state index contributed by atoms with van der Waals surface area (Å²) in [5, 5.41) is 13.6. The molecule has 27 heavy (non-hydrogen) atoms. The van der Waals surface area contributed by atoms with Crippen molar-refractivity contribution in [1.29, 1.82) is 0 Å². The van der Waals surface area contributed by atoms with Gasteiger partial charge in [0.15, 0.2) is 0 Å². The Labute approximate surface area is 169 Å². The summed E-state index contributed by atoms with van der Waals surface area (Å²) >= 11 is 3.53. The highest BCUT2D eigenvalue weighted by Gasteiger charge is 2.09. The molecule has 0 heterocycles. The molecule has 0 radical (unpaired) electrons. The standard InChI is InChI=1S/C23H24BrNO2/c1-17-7-5-6-10-19(17)16-27-23-12-11-21(24)13-20(23)14-25-15-22(26)18-8-3-2-4-9-18/h2-13,22,25-26H,14-16H2,1H3/t22-/m0/s1. The first-order chi connectivity index (χ1) is 13.1. The molecule has 0 aliphatic heterocycles. The minimum atomic E-state index is -0.533. The lowest BCUT2D eigenvalue weighted by atomic mass is 10.1. The fourth-order valence-corrected chi connectivity index (χ4v) is 3.30. The van der Waals surface area contributed by atoms with Crippen molar-refractivity contribution < 1.29 is 9.84 Å². The van der Waals surface area contributed by atoms with Gasteiger partial charge in [0, 0.05) is 23.1 Å². The van der Waals surface area contributed by atoms with Crippen LogP contribution in [0.2, 0.25) is 0 Å². The minimum absolute atomic E-state index is 0.480. The van der Waals surface area contributed by atoms with Crippen molar-refractivity contribution in [2.75, 3.05) is 6.54 Å². The van der Waals surface area contributed by atoms with Crippen LogP contribution in [0.3, 0.4) is 0 Å². The molecular weight excluding hydrogens is 402 g/mol. The Morgan fingerprint density at radius 3 is 2.48 bits per heavy atom. The number of ether oxygens (including phenoxy) is 1. The van der Waals surface area contributed by atoms with Gasteiger partial charge in [-0.3, -0.25) is 0 Å². The van der Waals surface area contributed by atoms with E-state index in [2.05, 4.69) is 46.4 Å². The molecule has 3 nitrogen and oxygen atoms in total. The van der Waals surface area contributed by atoms with Crippen molar-refractivity contribution >= 4 is 15.9 Å². The molecule has 0 spiro atoms. The summed E-state index contributed by atoms with van der Waals surface area (Å²) < 4.78 is 7.08.